The second-order valence-corrected chi connectivity index (χ2v) is 5.45. The van der Waals surface area contributed by atoms with Gasteiger partial charge in [-0.3, -0.25) is 0 Å². The molecular formula is C19H13F2N3O2. The first-order chi connectivity index (χ1) is 12.5. The lowest BCUT2D eigenvalue weighted by Gasteiger charge is -2.10. The lowest BCUT2D eigenvalue weighted by atomic mass is 10.0. The van der Waals surface area contributed by atoms with Crippen molar-refractivity contribution in [1.29, 1.82) is 5.26 Å². The zero-order valence-electron chi connectivity index (χ0n) is 13.7. The van der Waals surface area contributed by atoms with Gasteiger partial charge in [-0.25, -0.2) is 13.6 Å². The van der Waals surface area contributed by atoms with Gasteiger partial charge < -0.3 is 15.0 Å². The summed E-state index contributed by atoms with van der Waals surface area (Å²) in [5, 5.41) is 9.14. The van der Waals surface area contributed by atoms with E-state index in [1.54, 1.807) is 24.3 Å². The minimum Gasteiger partial charge on any atom is -0.464 e. The van der Waals surface area contributed by atoms with Crippen molar-refractivity contribution in [3.05, 3.63) is 71.6 Å². The number of nitrogens with zero attached hydrogens (tertiary/aromatic N) is 2. The molecule has 2 N–H and O–H groups in total. The molecule has 0 bridgehead atoms. The largest absolute Gasteiger partial charge is 0.464 e. The van der Waals surface area contributed by atoms with Gasteiger partial charge in [0.25, 0.3) is 0 Å². The number of hydrogen-bond acceptors (Lipinski definition) is 4. The van der Waals surface area contributed by atoms with Crippen LogP contribution in [0.4, 0.5) is 14.5 Å². The molecule has 0 saturated carbocycles. The average molecular weight is 353 g/mol. The molecule has 0 unspecified atom stereocenters. The Bertz CT molecular complexity index is 1030. The van der Waals surface area contributed by atoms with Crippen LogP contribution in [0.15, 0.2) is 48.7 Å². The molecule has 130 valence electrons. The molecule has 1 heterocycles. The Balaban J connectivity index is 2.07. The van der Waals surface area contributed by atoms with Gasteiger partial charge in [-0.15, -0.1) is 0 Å². The van der Waals surface area contributed by atoms with Gasteiger partial charge >= 0.3 is 5.97 Å². The van der Waals surface area contributed by atoms with Gasteiger partial charge in [-0.2, -0.15) is 5.26 Å². The lowest BCUT2D eigenvalue weighted by molar-refractivity contribution is 0.0593. The Hall–Kier alpha value is -3.66. The minimum atomic E-state index is -0.683. The van der Waals surface area contributed by atoms with Crippen LogP contribution in [0.25, 0.3) is 16.8 Å². The number of hydrogen-bond donors (Lipinski definition) is 1. The van der Waals surface area contributed by atoms with E-state index in [-0.39, 0.29) is 22.5 Å². The molecule has 0 aliphatic carbocycles. The summed E-state index contributed by atoms with van der Waals surface area (Å²) < 4.78 is 33.1. The SMILES string of the molecule is COC(=O)c1c(N)c(C#N)cn1-c1ccc(-c2ccc(F)cc2F)cc1. The van der Waals surface area contributed by atoms with Crippen LogP contribution < -0.4 is 5.73 Å². The number of carbonyl (C=O) groups is 1. The van der Waals surface area contributed by atoms with Gasteiger partial charge in [-0.1, -0.05) is 12.1 Å². The van der Waals surface area contributed by atoms with E-state index < -0.39 is 17.6 Å². The smallest absolute Gasteiger partial charge is 0.357 e. The highest BCUT2D eigenvalue weighted by atomic mass is 19.1. The highest BCUT2D eigenvalue weighted by Gasteiger charge is 2.21. The fraction of sp³-hybridized carbons (Fsp3) is 0.0526. The van der Waals surface area contributed by atoms with Crippen LogP contribution in [0.3, 0.4) is 0 Å². The number of aromatic nitrogens is 1. The van der Waals surface area contributed by atoms with E-state index in [1.807, 2.05) is 6.07 Å². The van der Waals surface area contributed by atoms with Crippen LogP contribution >= 0.6 is 0 Å². The number of nitrogens with two attached hydrogens (primary N) is 1. The van der Waals surface area contributed by atoms with Gasteiger partial charge in [0.1, 0.15) is 17.7 Å². The van der Waals surface area contributed by atoms with Crippen LogP contribution in [0.5, 0.6) is 0 Å². The Morgan fingerprint density at radius 1 is 1.19 bits per heavy atom. The highest BCUT2D eigenvalue weighted by molar-refractivity contribution is 5.96. The Morgan fingerprint density at radius 2 is 1.88 bits per heavy atom. The normalized spacial score (nSPS) is 10.4. The number of benzene rings is 2. The first kappa shape index (κ1) is 17.2. The lowest BCUT2D eigenvalue weighted by Crippen LogP contribution is -2.11. The number of methoxy groups -OCH3 is 1. The maximum Gasteiger partial charge on any atom is 0.357 e. The Morgan fingerprint density at radius 3 is 2.46 bits per heavy atom. The van der Waals surface area contributed by atoms with E-state index in [1.165, 1.54) is 30.0 Å². The van der Waals surface area contributed by atoms with Crippen LogP contribution in [-0.4, -0.2) is 17.6 Å². The van der Waals surface area contributed by atoms with Gasteiger partial charge in [0.15, 0.2) is 5.69 Å². The van der Waals surface area contributed by atoms with Crippen LogP contribution in [-0.2, 0) is 4.74 Å². The molecule has 0 atom stereocenters. The number of halogens is 2. The van der Waals surface area contributed by atoms with Gasteiger partial charge in [-0.05, 0) is 29.8 Å². The topological polar surface area (TPSA) is 81.0 Å². The van der Waals surface area contributed by atoms with Crippen molar-refractivity contribution in [3.8, 4) is 22.9 Å². The molecule has 1 aromatic heterocycles. The van der Waals surface area contributed by atoms with Crippen LogP contribution in [0, 0.1) is 23.0 Å². The molecule has 3 rings (SSSR count). The van der Waals surface area contributed by atoms with E-state index >= 15 is 0 Å². The molecular weight excluding hydrogens is 340 g/mol. The summed E-state index contributed by atoms with van der Waals surface area (Å²) in [5.74, 6) is -2.01. The number of nitrogen functional groups attached to an aromatic ring is 1. The number of anilines is 1. The van der Waals surface area contributed by atoms with Crippen molar-refractivity contribution in [1.82, 2.24) is 4.57 Å². The van der Waals surface area contributed by atoms with Gasteiger partial charge in [0, 0.05) is 23.5 Å². The summed E-state index contributed by atoms with van der Waals surface area (Å²) >= 11 is 0. The van der Waals surface area contributed by atoms with Crippen molar-refractivity contribution in [2.75, 3.05) is 12.8 Å². The van der Waals surface area contributed by atoms with E-state index in [0.717, 1.165) is 6.07 Å². The maximum atomic E-state index is 13.9. The summed E-state index contributed by atoms with van der Waals surface area (Å²) in [6.45, 7) is 0. The molecule has 0 aliphatic heterocycles. The highest BCUT2D eigenvalue weighted by Crippen LogP contribution is 2.28. The third kappa shape index (κ3) is 2.89. The molecule has 0 amide bonds. The van der Waals surface area contributed by atoms with Crippen molar-refractivity contribution in [2.45, 2.75) is 0 Å². The predicted octanol–water partition coefficient (Wildman–Crippen LogP) is 3.66. The van der Waals surface area contributed by atoms with Gasteiger partial charge in [0.05, 0.1) is 18.4 Å². The summed E-state index contributed by atoms with van der Waals surface area (Å²) in [5.41, 5.74) is 7.36. The summed E-state index contributed by atoms with van der Waals surface area (Å²) in [6, 6.07) is 11.7. The summed E-state index contributed by atoms with van der Waals surface area (Å²) in [6.07, 6.45) is 1.43. The van der Waals surface area contributed by atoms with Crippen LogP contribution in [0.2, 0.25) is 0 Å². The molecule has 7 heteroatoms. The van der Waals surface area contributed by atoms with Gasteiger partial charge in [0.2, 0.25) is 0 Å². The zero-order valence-corrected chi connectivity index (χ0v) is 13.7. The predicted molar refractivity (Wildman–Crippen MR) is 91.6 cm³/mol. The van der Waals surface area contributed by atoms with E-state index in [0.29, 0.717) is 11.3 Å². The monoisotopic (exact) mass is 353 g/mol. The molecule has 0 saturated heterocycles. The van der Waals surface area contributed by atoms with E-state index in [4.69, 9.17) is 15.7 Å². The first-order valence-electron chi connectivity index (χ1n) is 7.51. The molecule has 26 heavy (non-hydrogen) atoms. The minimum absolute atomic E-state index is 0.0213. The second kappa shape index (κ2) is 6.69. The van der Waals surface area contributed by atoms with Crippen molar-refractivity contribution < 1.29 is 18.3 Å². The third-order valence-electron chi connectivity index (χ3n) is 3.93. The molecule has 5 nitrogen and oxygen atoms in total. The zero-order chi connectivity index (χ0) is 18.8. The number of carbonyl (C=O) groups excluding carboxylic acids is 1. The number of ether oxygens (including phenoxy) is 1. The fourth-order valence-electron chi connectivity index (χ4n) is 2.64. The molecule has 0 spiro atoms. The summed E-state index contributed by atoms with van der Waals surface area (Å²) in [4.78, 5) is 12.0. The number of nitriles is 1. The first-order valence-corrected chi connectivity index (χ1v) is 7.51. The van der Waals surface area contributed by atoms with E-state index in [9.17, 15) is 13.6 Å². The standard InChI is InChI=1S/C19H13F2N3O2/c1-26-19(25)18-17(23)12(9-22)10-24(18)14-5-2-11(3-6-14)15-7-4-13(20)8-16(15)21/h2-8,10H,23H2,1H3. The van der Waals surface area contributed by atoms with Crippen molar-refractivity contribution >= 4 is 11.7 Å². The molecule has 3 aromatic rings. The number of esters is 1. The van der Waals surface area contributed by atoms with Crippen LogP contribution in [0.1, 0.15) is 16.1 Å². The quantitative estimate of drug-likeness (QED) is 0.729. The molecule has 2 aromatic carbocycles. The third-order valence-corrected chi connectivity index (χ3v) is 3.93. The Kier molecular flexibility index (Phi) is 4.42. The second-order valence-electron chi connectivity index (χ2n) is 5.45. The number of rotatable bonds is 3. The molecule has 0 fully saturated rings. The van der Waals surface area contributed by atoms with Crippen molar-refractivity contribution in [2.24, 2.45) is 0 Å². The maximum absolute atomic E-state index is 13.9. The fourth-order valence-corrected chi connectivity index (χ4v) is 2.64. The van der Waals surface area contributed by atoms with Crippen molar-refractivity contribution in [3.63, 3.8) is 0 Å². The average Bonchev–Trinajstić information content (AvgIpc) is 2.98. The Labute approximate surface area is 147 Å². The molecule has 0 radical (unpaired) electrons. The van der Waals surface area contributed by atoms with E-state index in [2.05, 4.69) is 0 Å². The summed E-state index contributed by atoms with van der Waals surface area (Å²) in [7, 11) is 1.21. The molecule has 0 aliphatic rings.